The maximum atomic E-state index is 13.0. The van der Waals surface area contributed by atoms with Crippen molar-refractivity contribution in [2.24, 2.45) is 11.1 Å². The first-order chi connectivity index (χ1) is 12.9. The summed E-state index contributed by atoms with van der Waals surface area (Å²) >= 11 is 6.18. The highest BCUT2D eigenvalue weighted by atomic mass is 35.5. The Kier molecular flexibility index (Phi) is 3.92. The Hall–Kier alpha value is -3.26. The van der Waals surface area contributed by atoms with Crippen LogP contribution in [0.3, 0.4) is 0 Å². The van der Waals surface area contributed by atoms with E-state index in [9.17, 15) is 19.7 Å². The summed E-state index contributed by atoms with van der Waals surface area (Å²) in [6.07, 6.45) is -1.11. The van der Waals surface area contributed by atoms with Gasteiger partial charge in [-0.2, -0.15) is 0 Å². The number of carbonyl (C=O) groups excluding carboxylic acids is 2. The second-order valence-corrected chi connectivity index (χ2v) is 6.61. The number of fused-ring (bicyclic) bond motifs is 1. The van der Waals surface area contributed by atoms with Crippen LogP contribution in [0.25, 0.3) is 0 Å². The van der Waals surface area contributed by atoms with Gasteiger partial charge in [0, 0.05) is 22.2 Å². The predicted molar refractivity (Wildman–Crippen MR) is 96.7 cm³/mol. The van der Waals surface area contributed by atoms with Gasteiger partial charge in [-0.05, 0) is 19.1 Å². The highest BCUT2D eigenvalue weighted by Crippen LogP contribution is 2.37. The number of oxime groups is 1. The van der Waals surface area contributed by atoms with E-state index in [1.807, 2.05) is 0 Å². The van der Waals surface area contributed by atoms with Gasteiger partial charge in [0.1, 0.15) is 11.6 Å². The maximum Gasteiger partial charge on any atom is 0.278 e. The molecule has 2 aliphatic heterocycles. The van der Waals surface area contributed by atoms with Crippen molar-refractivity contribution in [3.63, 3.8) is 0 Å². The zero-order chi connectivity index (χ0) is 19.3. The van der Waals surface area contributed by atoms with Gasteiger partial charge >= 0.3 is 0 Å². The molecule has 27 heavy (non-hydrogen) atoms. The number of nitrogens with zero attached hydrogens (tertiary/aromatic N) is 3. The van der Waals surface area contributed by atoms with E-state index in [2.05, 4.69) is 5.16 Å². The summed E-state index contributed by atoms with van der Waals surface area (Å²) in [5.41, 5.74) is 1.15. The van der Waals surface area contributed by atoms with Crippen LogP contribution in [0.15, 0.2) is 47.6 Å². The molecule has 4 rings (SSSR count). The number of nitro groups is 1. The van der Waals surface area contributed by atoms with E-state index >= 15 is 0 Å². The van der Waals surface area contributed by atoms with Crippen LogP contribution in [0.5, 0.6) is 0 Å². The fraction of sp³-hybridized carbons (Fsp3) is 0.167. The number of hydrogen-bond acceptors (Lipinski definition) is 6. The van der Waals surface area contributed by atoms with Gasteiger partial charge in [0.25, 0.3) is 11.6 Å². The van der Waals surface area contributed by atoms with Crippen molar-refractivity contribution in [3.05, 3.63) is 68.7 Å². The first kappa shape index (κ1) is 17.2. The van der Waals surface area contributed by atoms with Crippen LogP contribution in [0, 0.1) is 23.0 Å². The minimum atomic E-state index is -1.11. The molecule has 2 aliphatic rings. The van der Waals surface area contributed by atoms with Gasteiger partial charge in [-0.15, -0.1) is 0 Å². The number of rotatable bonds is 3. The lowest BCUT2D eigenvalue weighted by atomic mass is 9.94. The highest BCUT2D eigenvalue weighted by Gasteiger charge is 2.56. The number of halogens is 1. The normalized spacial score (nSPS) is 21.1. The molecule has 9 heteroatoms. The van der Waals surface area contributed by atoms with Crippen LogP contribution in [-0.4, -0.2) is 28.6 Å². The number of anilines is 1. The molecular formula is C18H12ClN3O5. The molecule has 0 radical (unpaired) electrons. The Bertz CT molecular complexity index is 1040. The molecule has 1 saturated heterocycles. The minimum Gasteiger partial charge on any atom is -0.381 e. The second-order valence-electron chi connectivity index (χ2n) is 6.20. The van der Waals surface area contributed by atoms with Crippen molar-refractivity contribution in [2.75, 3.05) is 4.90 Å². The monoisotopic (exact) mass is 385 g/mol. The summed E-state index contributed by atoms with van der Waals surface area (Å²) in [6.45, 7) is 1.58. The molecule has 0 aromatic heterocycles. The molecule has 1 fully saturated rings. The topological polar surface area (TPSA) is 102 Å². The number of imide groups is 1. The second kappa shape index (κ2) is 6.17. The number of hydrogen-bond donors (Lipinski definition) is 0. The molecule has 2 aromatic carbocycles. The van der Waals surface area contributed by atoms with E-state index in [0.29, 0.717) is 16.1 Å². The number of benzene rings is 2. The smallest absolute Gasteiger partial charge is 0.278 e. The summed E-state index contributed by atoms with van der Waals surface area (Å²) < 4.78 is 0. The summed E-state index contributed by atoms with van der Waals surface area (Å²) in [5, 5.41) is 15.5. The van der Waals surface area contributed by atoms with E-state index < -0.39 is 28.8 Å². The molecule has 2 heterocycles. The molecule has 0 aliphatic carbocycles. The van der Waals surface area contributed by atoms with Gasteiger partial charge in [-0.1, -0.05) is 41.0 Å². The lowest BCUT2D eigenvalue weighted by Gasteiger charge is -2.15. The molecule has 2 amide bonds. The van der Waals surface area contributed by atoms with Crippen molar-refractivity contribution in [1.29, 1.82) is 0 Å². The number of carbonyl (C=O) groups is 2. The number of nitro benzene ring substituents is 1. The first-order valence-electron chi connectivity index (χ1n) is 8.01. The zero-order valence-electron chi connectivity index (χ0n) is 14.0. The third-order valence-electron chi connectivity index (χ3n) is 4.61. The van der Waals surface area contributed by atoms with Crippen molar-refractivity contribution in [3.8, 4) is 0 Å². The van der Waals surface area contributed by atoms with Crippen molar-refractivity contribution in [2.45, 2.75) is 13.0 Å². The van der Waals surface area contributed by atoms with Crippen molar-refractivity contribution >= 4 is 40.5 Å². The average molecular weight is 386 g/mol. The number of amides is 2. The van der Waals surface area contributed by atoms with E-state index in [1.54, 1.807) is 31.2 Å². The van der Waals surface area contributed by atoms with Crippen molar-refractivity contribution in [1.82, 2.24) is 0 Å². The summed E-state index contributed by atoms with van der Waals surface area (Å²) in [6, 6.07) is 11.0. The van der Waals surface area contributed by atoms with Gasteiger partial charge < -0.3 is 4.84 Å². The summed E-state index contributed by atoms with van der Waals surface area (Å²) in [5.74, 6) is -2.12. The summed E-state index contributed by atoms with van der Waals surface area (Å²) in [4.78, 5) is 42.5. The molecule has 0 unspecified atom stereocenters. The van der Waals surface area contributed by atoms with Crippen LogP contribution >= 0.6 is 11.6 Å². The Morgan fingerprint density at radius 3 is 2.63 bits per heavy atom. The van der Waals surface area contributed by atoms with E-state index in [-0.39, 0.29) is 17.1 Å². The average Bonchev–Trinajstić information content (AvgIpc) is 3.17. The lowest BCUT2D eigenvalue weighted by molar-refractivity contribution is -0.385. The quantitative estimate of drug-likeness (QED) is 0.459. The van der Waals surface area contributed by atoms with Gasteiger partial charge in [0.05, 0.1) is 10.6 Å². The highest BCUT2D eigenvalue weighted by molar-refractivity contribution is 6.38. The van der Waals surface area contributed by atoms with Crippen LogP contribution in [0.2, 0.25) is 5.02 Å². The van der Waals surface area contributed by atoms with Gasteiger partial charge in [-0.25, -0.2) is 4.90 Å². The van der Waals surface area contributed by atoms with Crippen LogP contribution in [-0.2, 0) is 14.4 Å². The van der Waals surface area contributed by atoms with Gasteiger partial charge in [0.15, 0.2) is 0 Å². The van der Waals surface area contributed by atoms with Gasteiger partial charge in [-0.3, -0.25) is 19.7 Å². The van der Waals surface area contributed by atoms with Crippen LogP contribution < -0.4 is 4.90 Å². The molecule has 0 saturated carbocycles. The molecule has 0 N–H and O–H groups in total. The van der Waals surface area contributed by atoms with Crippen LogP contribution in [0.1, 0.15) is 11.1 Å². The minimum absolute atomic E-state index is 0.124. The third kappa shape index (κ3) is 2.57. The Labute approximate surface area is 158 Å². The van der Waals surface area contributed by atoms with E-state index in [0.717, 1.165) is 4.90 Å². The fourth-order valence-corrected chi connectivity index (χ4v) is 3.49. The maximum absolute atomic E-state index is 13.0. The molecule has 2 aromatic rings. The molecule has 0 spiro atoms. The molecule has 2 atom stereocenters. The SMILES string of the molecule is Cc1ccc(N2C(=O)[C@H]3C(c4ccccc4Cl)=NO[C@H]3C2=O)cc1[N+](=O)[O-]. The molecule has 0 bridgehead atoms. The van der Waals surface area contributed by atoms with Crippen molar-refractivity contribution < 1.29 is 19.3 Å². The van der Waals surface area contributed by atoms with Crippen LogP contribution in [0.4, 0.5) is 11.4 Å². The molecular weight excluding hydrogens is 374 g/mol. The predicted octanol–water partition coefficient (Wildman–Crippen LogP) is 2.85. The number of aryl methyl sites for hydroxylation is 1. The molecule has 136 valence electrons. The Morgan fingerprint density at radius 2 is 1.93 bits per heavy atom. The standard InChI is InChI=1S/C18H12ClN3O5/c1-9-6-7-10(8-13(9)22(25)26)21-17(23)14-15(20-27-16(14)18(21)24)11-4-2-3-5-12(11)19/h2-8,14,16H,1H3/t14-,16+/m0/s1. The zero-order valence-corrected chi connectivity index (χ0v) is 14.7. The first-order valence-corrected chi connectivity index (χ1v) is 8.39. The van der Waals surface area contributed by atoms with E-state index in [4.69, 9.17) is 16.4 Å². The van der Waals surface area contributed by atoms with Gasteiger partial charge in [0.2, 0.25) is 12.0 Å². The Balaban J connectivity index is 1.74. The fourth-order valence-electron chi connectivity index (χ4n) is 3.26. The largest absolute Gasteiger partial charge is 0.381 e. The van der Waals surface area contributed by atoms with E-state index in [1.165, 1.54) is 18.2 Å². The summed E-state index contributed by atoms with van der Waals surface area (Å²) in [7, 11) is 0. The third-order valence-corrected chi connectivity index (χ3v) is 4.94. The lowest BCUT2D eigenvalue weighted by Crippen LogP contribution is -2.33. The Morgan fingerprint density at radius 1 is 1.19 bits per heavy atom. The molecule has 8 nitrogen and oxygen atoms in total.